The molecule has 16 heavy (non-hydrogen) atoms. The van der Waals surface area contributed by atoms with Crippen molar-refractivity contribution in [3.8, 4) is 11.5 Å². The first-order chi connectivity index (χ1) is 7.45. The van der Waals surface area contributed by atoms with Gasteiger partial charge in [-0.1, -0.05) is 6.07 Å². The van der Waals surface area contributed by atoms with Crippen LogP contribution in [-0.4, -0.2) is 24.8 Å². The molecule has 0 bridgehead atoms. The van der Waals surface area contributed by atoms with Crippen LogP contribution in [0.4, 0.5) is 0 Å². The summed E-state index contributed by atoms with van der Waals surface area (Å²) in [4.78, 5) is 10.9. The Morgan fingerprint density at radius 2 is 2.00 bits per heavy atom. The molecule has 4 heteroatoms. The molecule has 4 nitrogen and oxygen atoms in total. The van der Waals surface area contributed by atoms with E-state index in [1.54, 1.807) is 45.2 Å². The molecule has 0 amide bonds. The van der Waals surface area contributed by atoms with Crippen molar-refractivity contribution < 1.29 is 19.4 Å². The molecule has 0 radical (unpaired) electrons. The Kier molecular flexibility index (Phi) is 3.77. The molecular weight excluding hydrogens is 208 g/mol. The van der Waals surface area contributed by atoms with Crippen LogP contribution in [0.1, 0.15) is 13.8 Å². The number of hydrogen-bond donors (Lipinski definition) is 1. The van der Waals surface area contributed by atoms with Gasteiger partial charge in [-0.2, -0.15) is 0 Å². The highest BCUT2D eigenvalue weighted by Crippen LogP contribution is 2.22. The zero-order chi connectivity index (χ0) is 12.2. The molecule has 1 aromatic rings. The Morgan fingerprint density at radius 3 is 2.56 bits per heavy atom. The molecule has 0 aliphatic rings. The molecule has 88 valence electrons. The first-order valence-corrected chi connectivity index (χ1v) is 4.96. The van der Waals surface area contributed by atoms with Gasteiger partial charge in [0.2, 0.25) is 0 Å². The Morgan fingerprint density at radius 1 is 1.38 bits per heavy atom. The van der Waals surface area contributed by atoms with Crippen LogP contribution in [0.2, 0.25) is 0 Å². The van der Waals surface area contributed by atoms with Gasteiger partial charge in [0.25, 0.3) is 0 Å². The molecule has 0 saturated carbocycles. The van der Waals surface area contributed by atoms with E-state index in [-0.39, 0.29) is 6.61 Å². The molecule has 0 aliphatic heterocycles. The van der Waals surface area contributed by atoms with Gasteiger partial charge in [-0.25, -0.2) is 0 Å². The largest absolute Gasteiger partial charge is 0.497 e. The highest BCUT2D eigenvalue weighted by molar-refractivity contribution is 5.73. The van der Waals surface area contributed by atoms with Crippen LogP contribution in [0.3, 0.4) is 0 Å². The maximum atomic E-state index is 10.9. The van der Waals surface area contributed by atoms with Crippen LogP contribution in [-0.2, 0) is 4.79 Å². The van der Waals surface area contributed by atoms with Gasteiger partial charge >= 0.3 is 5.97 Å². The summed E-state index contributed by atoms with van der Waals surface area (Å²) in [5, 5.41) is 8.92. The summed E-state index contributed by atoms with van der Waals surface area (Å²) < 4.78 is 10.5. The quantitative estimate of drug-likeness (QED) is 0.832. The molecule has 0 unspecified atom stereocenters. The number of carbonyl (C=O) groups is 1. The number of ether oxygens (including phenoxy) is 2. The van der Waals surface area contributed by atoms with Crippen molar-refractivity contribution in [1.29, 1.82) is 0 Å². The lowest BCUT2D eigenvalue weighted by Crippen LogP contribution is -2.30. The SMILES string of the molecule is COc1cccc(OCC(C)(C)C(=O)O)c1. The summed E-state index contributed by atoms with van der Waals surface area (Å²) >= 11 is 0. The van der Waals surface area contributed by atoms with Crippen LogP contribution in [0, 0.1) is 5.41 Å². The third-order valence-corrected chi connectivity index (χ3v) is 2.22. The van der Waals surface area contributed by atoms with Crippen molar-refractivity contribution in [1.82, 2.24) is 0 Å². The van der Waals surface area contributed by atoms with Crippen molar-refractivity contribution >= 4 is 5.97 Å². The molecule has 0 saturated heterocycles. The van der Waals surface area contributed by atoms with E-state index in [0.717, 1.165) is 0 Å². The molecule has 0 fully saturated rings. The van der Waals surface area contributed by atoms with E-state index >= 15 is 0 Å². The van der Waals surface area contributed by atoms with E-state index in [9.17, 15) is 4.79 Å². The van der Waals surface area contributed by atoms with Crippen LogP contribution in [0.25, 0.3) is 0 Å². The van der Waals surface area contributed by atoms with Gasteiger partial charge in [0.1, 0.15) is 18.1 Å². The van der Waals surface area contributed by atoms with Crippen molar-refractivity contribution in [3.05, 3.63) is 24.3 Å². The summed E-state index contributed by atoms with van der Waals surface area (Å²) in [5.74, 6) is 0.412. The summed E-state index contributed by atoms with van der Waals surface area (Å²) in [5.41, 5.74) is -0.900. The fourth-order valence-corrected chi connectivity index (χ4v) is 1.02. The summed E-state index contributed by atoms with van der Waals surface area (Å²) in [6.45, 7) is 3.36. The molecule has 0 atom stereocenters. The van der Waals surface area contributed by atoms with Crippen molar-refractivity contribution in [2.75, 3.05) is 13.7 Å². The standard InChI is InChI=1S/C12H16O4/c1-12(2,11(13)14)8-16-10-6-4-5-9(7-10)15-3/h4-7H,8H2,1-3H3,(H,13,14). The molecule has 0 spiro atoms. The molecule has 0 heterocycles. The minimum Gasteiger partial charge on any atom is -0.497 e. The number of hydrogen-bond acceptors (Lipinski definition) is 3. The number of carboxylic acids is 1. The maximum Gasteiger partial charge on any atom is 0.312 e. The van der Waals surface area contributed by atoms with Crippen LogP contribution in [0.5, 0.6) is 11.5 Å². The smallest absolute Gasteiger partial charge is 0.312 e. The number of aliphatic carboxylic acids is 1. The minimum absolute atomic E-state index is 0.121. The molecule has 0 aromatic heterocycles. The maximum absolute atomic E-state index is 10.9. The average molecular weight is 224 g/mol. The fourth-order valence-electron chi connectivity index (χ4n) is 1.02. The van der Waals surface area contributed by atoms with E-state index in [4.69, 9.17) is 14.6 Å². The van der Waals surface area contributed by atoms with Crippen molar-refractivity contribution in [2.45, 2.75) is 13.8 Å². The van der Waals surface area contributed by atoms with Gasteiger partial charge in [-0.05, 0) is 26.0 Å². The second kappa shape index (κ2) is 4.88. The number of rotatable bonds is 5. The van der Waals surface area contributed by atoms with E-state index in [0.29, 0.717) is 11.5 Å². The zero-order valence-electron chi connectivity index (χ0n) is 9.69. The van der Waals surface area contributed by atoms with Crippen molar-refractivity contribution in [2.24, 2.45) is 5.41 Å². The number of benzene rings is 1. The number of carboxylic acid groups (broad SMARTS) is 1. The van der Waals surface area contributed by atoms with Gasteiger partial charge in [-0.3, -0.25) is 4.79 Å². The van der Waals surface area contributed by atoms with E-state index in [2.05, 4.69) is 0 Å². The Labute approximate surface area is 94.8 Å². The molecular formula is C12H16O4. The second-order valence-electron chi connectivity index (χ2n) is 4.16. The zero-order valence-corrected chi connectivity index (χ0v) is 9.69. The predicted molar refractivity (Wildman–Crippen MR) is 59.9 cm³/mol. The Hall–Kier alpha value is -1.71. The molecule has 1 N–H and O–H groups in total. The van der Waals surface area contributed by atoms with Gasteiger partial charge in [-0.15, -0.1) is 0 Å². The molecule has 1 rings (SSSR count). The first-order valence-electron chi connectivity index (χ1n) is 4.96. The van der Waals surface area contributed by atoms with E-state index < -0.39 is 11.4 Å². The van der Waals surface area contributed by atoms with Gasteiger partial charge in [0.05, 0.1) is 12.5 Å². The lowest BCUT2D eigenvalue weighted by atomic mass is 9.95. The Bertz CT molecular complexity index is 371. The summed E-state index contributed by atoms with van der Waals surface area (Å²) in [6, 6.07) is 7.08. The third-order valence-electron chi connectivity index (χ3n) is 2.22. The first kappa shape index (κ1) is 12.4. The highest BCUT2D eigenvalue weighted by Gasteiger charge is 2.28. The third kappa shape index (κ3) is 3.15. The van der Waals surface area contributed by atoms with Crippen LogP contribution in [0.15, 0.2) is 24.3 Å². The van der Waals surface area contributed by atoms with Crippen LogP contribution < -0.4 is 9.47 Å². The normalized spacial score (nSPS) is 10.9. The molecule has 1 aromatic carbocycles. The highest BCUT2D eigenvalue weighted by atomic mass is 16.5. The van der Waals surface area contributed by atoms with Gasteiger partial charge < -0.3 is 14.6 Å². The van der Waals surface area contributed by atoms with Gasteiger partial charge in [0.15, 0.2) is 0 Å². The topological polar surface area (TPSA) is 55.8 Å². The molecule has 0 aliphatic carbocycles. The fraction of sp³-hybridized carbons (Fsp3) is 0.417. The Balaban J connectivity index is 2.64. The summed E-state index contributed by atoms with van der Waals surface area (Å²) in [6.07, 6.45) is 0. The van der Waals surface area contributed by atoms with Crippen molar-refractivity contribution in [3.63, 3.8) is 0 Å². The lowest BCUT2D eigenvalue weighted by molar-refractivity contribution is -0.148. The monoisotopic (exact) mass is 224 g/mol. The van der Waals surface area contributed by atoms with Gasteiger partial charge in [0, 0.05) is 6.07 Å². The number of methoxy groups -OCH3 is 1. The predicted octanol–water partition coefficient (Wildman–Crippen LogP) is 2.18. The lowest BCUT2D eigenvalue weighted by Gasteiger charge is -2.19. The van der Waals surface area contributed by atoms with Crippen LogP contribution >= 0.6 is 0 Å². The van der Waals surface area contributed by atoms with E-state index in [1.165, 1.54) is 0 Å². The van der Waals surface area contributed by atoms with E-state index in [1.807, 2.05) is 0 Å². The minimum atomic E-state index is -0.900. The average Bonchev–Trinajstić information content (AvgIpc) is 2.26. The second-order valence-corrected chi connectivity index (χ2v) is 4.16. The summed E-state index contributed by atoms with van der Waals surface area (Å²) in [7, 11) is 1.57.